The Hall–Kier alpha value is -2.24. The molecule has 0 radical (unpaired) electrons. The Morgan fingerprint density at radius 2 is 1.96 bits per heavy atom. The molecular weight excluding hydrogens is 300 g/mol. The van der Waals surface area contributed by atoms with Gasteiger partial charge in [0.25, 0.3) is 0 Å². The van der Waals surface area contributed by atoms with E-state index in [-0.39, 0.29) is 0 Å². The van der Waals surface area contributed by atoms with E-state index in [4.69, 9.17) is 4.98 Å². The molecule has 0 unspecified atom stereocenters. The average molecular weight is 324 g/mol. The second kappa shape index (κ2) is 6.71. The molecule has 6 nitrogen and oxygen atoms in total. The first-order chi connectivity index (χ1) is 11.8. The van der Waals surface area contributed by atoms with Gasteiger partial charge in [0, 0.05) is 43.0 Å². The van der Waals surface area contributed by atoms with Crippen molar-refractivity contribution in [2.75, 3.05) is 23.3 Å². The lowest BCUT2D eigenvalue weighted by Gasteiger charge is -2.33. The molecule has 2 aromatic rings. The Kier molecular flexibility index (Phi) is 4.28. The number of nitrogens with one attached hydrogen (secondary N) is 1. The predicted molar refractivity (Wildman–Crippen MR) is 94.3 cm³/mol. The van der Waals surface area contributed by atoms with Crippen molar-refractivity contribution in [1.82, 2.24) is 20.2 Å². The number of aryl methyl sites for hydroxylation is 1. The second-order valence-electron chi connectivity index (χ2n) is 6.87. The highest BCUT2D eigenvalue weighted by molar-refractivity contribution is 5.40. The number of nitrogens with zero attached hydrogens (tertiary/aromatic N) is 5. The van der Waals surface area contributed by atoms with Crippen LogP contribution in [0.15, 0.2) is 24.4 Å². The third-order valence-electron chi connectivity index (χ3n) is 5.07. The van der Waals surface area contributed by atoms with E-state index in [2.05, 4.69) is 38.4 Å². The van der Waals surface area contributed by atoms with Gasteiger partial charge in [-0.2, -0.15) is 5.10 Å². The molecule has 0 spiro atoms. The number of rotatable bonds is 4. The average Bonchev–Trinajstić information content (AvgIpc) is 2.54. The van der Waals surface area contributed by atoms with Gasteiger partial charge in [0.2, 0.25) is 0 Å². The minimum Gasteiger partial charge on any atom is -0.367 e. The summed E-state index contributed by atoms with van der Waals surface area (Å²) in [6.07, 6.45) is 7.66. The minimum atomic E-state index is 0.460. The van der Waals surface area contributed by atoms with Crippen molar-refractivity contribution >= 4 is 11.6 Å². The van der Waals surface area contributed by atoms with Gasteiger partial charge in [-0.05, 0) is 44.7 Å². The van der Waals surface area contributed by atoms with Gasteiger partial charge >= 0.3 is 0 Å². The molecule has 126 valence electrons. The van der Waals surface area contributed by atoms with Gasteiger partial charge in [-0.1, -0.05) is 6.42 Å². The van der Waals surface area contributed by atoms with Crippen LogP contribution in [0.25, 0.3) is 0 Å². The monoisotopic (exact) mass is 324 g/mol. The second-order valence-corrected chi connectivity index (χ2v) is 6.87. The summed E-state index contributed by atoms with van der Waals surface area (Å²) in [4.78, 5) is 11.7. The maximum absolute atomic E-state index is 4.77. The quantitative estimate of drug-likeness (QED) is 0.933. The van der Waals surface area contributed by atoms with Gasteiger partial charge < -0.3 is 10.2 Å². The summed E-state index contributed by atoms with van der Waals surface area (Å²) < 4.78 is 0. The molecule has 1 aliphatic carbocycles. The molecule has 1 aliphatic heterocycles. The van der Waals surface area contributed by atoms with Gasteiger partial charge in [0.1, 0.15) is 11.6 Å². The van der Waals surface area contributed by atoms with Crippen LogP contribution in [0.1, 0.15) is 49.5 Å². The summed E-state index contributed by atoms with van der Waals surface area (Å²) in [5, 5.41) is 11.8. The van der Waals surface area contributed by atoms with Crippen LogP contribution >= 0.6 is 0 Å². The SMILES string of the molecule is Cc1cc(NC2CCN(c3cccnn3)CC2)nc(C2CCC2)n1. The fourth-order valence-corrected chi connectivity index (χ4v) is 3.44. The molecule has 3 heterocycles. The van der Waals surface area contributed by atoms with Crippen LogP contribution in [0, 0.1) is 6.92 Å². The minimum absolute atomic E-state index is 0.460. The maximum atomic E-state index is 4.77. The fraction of sp³-hybridized carbons (Fsp3) is 0.556. The van der Waals surface area contributed by atoms with Crippen LogP contribution in [0.4, 0.5) is 11.6 Å². The van der Waals surface area contributed by atoms with Gasteiger partial charge in [-0.3, -0.25) is 0 Å². The molecule has 2 aliphatic rings. The first-order valence-corrected chi connectivity index (χ1v) is 8.93. The highest BCUT2D eigenvalue weighted by Crippen LogP contribution is 2.35. The highest BCUT2D eigenvalue weighted by atomic mass is 15.3. The number of aromatic nitrogens is 4. The van der Waals surface area contributed by atoms with Crippen LogP contribution in [0.3, 0.4) is 0 Å². The molecule has 1 N–H and O–H groups in total. The molecule has 1 saturated carbocycles. The number of hydrogen-bond donors (Lipinski definition) is 1. The van der Waals surface area contributed by atoms with Gasteiger partial charge in [-0.15, -0.1) is 5.10 Å². The van der Waals surface area contributed by atoms with Gasteiger partial charge in [0.05, 0.1) is 0 Å². The van der Waals surface area contributed by atoms with Crippen LogP contribution in [0.5, 0.6) is 0 Å². The predicted octanol–water partition coefficient (Wildman–Crippen LogP) is 2.92. The molecule has 0 atom stereocenters. The molecule has 2 fully saturated rings. The normalized spacial score (nSPS) is 19.1. The van der Waals surface area contributed by atoms with Crippen molar-refractivity contribution in [1.29, 1.82) is 0 Å². The van der Waals surface area contributed by atoms with E-state index in [1.54, 1.807) is 6.20 Å². The molecule has 4 rings (SSSR count). The molecule has 0 amide bonds. The van der Waals surface area contributed by atoms with E-state index in [0.29, 0.717) is 12.0 Å². The molecule has 0 bridgehead atoms. The van der Waals surface area contributed by atoms with Crippen molar-refractivity contribution in [3.63, 3.8) is 0 Å². The Morgan fingerprint density at radius 1 is 1.12 bits per heavy atom. The van der Waals surface area contributed by atoms with E-state index < -0.39 is 0 Å². The number of hydrogen-bond acceptors (Lipinski definition) is 6. The molecule has 2 aromatic heterocycles. The van der Waals surface area contributed by atoms with E-state index in [0.717, 1.165) is 49.1 Å². The fourth-order valence-electron chi connectivity index (χ4n) is 3.44. The first-order valence-electron chi connectivity index (χ1n) is 8.93. The van der Waals surface area contributed by atoms with E-state index in [9.17, 15) is 0 Å². The largest absolute Gasteiger partial charge is 0.367 e. The maximum Gasteiger partial charge on any atom is 0.151 e. The van der Waals surface area contributed by atoms with Crippen LogP contribution in [-0.4, -0.2) is 39.3 Å². The van der Waals surface area contributed by atoms with E-state index >= 15 is 0 Å². The van der Waals surface area contributed by atoms with E-state index in [1.165, 1.54) is 19.3 Å². The number of piperidine rings is 1. The van der Waals surface area contributed by atoms with Gasteiger partial charge in [-0.25, -0.2) is 9.97 Å². The van der Waals surface area contributed by atoms with E-state index in [1.807, 2.05) is 12.1 Å². The Morgan fingerprint density at radius 3 is 2.62 bits per heavy atom. The smallest absolute Gasteiger partial charge is 0.151 e. The molecule has 0 aromatic carbocycles. The third kappa shape index (κ3) is 3.32. The molecule has 1 saturated heterocycles. The van der Waals surface area contributed by atoms with Crippen molar-refractivity contribution < 1.29 is 0 Å². The summed E-state index contributed by atoms with van der Waals surface area (Å²) in [5.41, 5.74) is 1.06. The zero-order valence-corrected chi connectivity index (χ0v) is 14.1. The third-order valence-corrected chi connectivity index (χ3v) is 5.07. The lowest BCUT2D eigenvalue weighted by Crippen LogP contribution is -2.39. The summed E-state index contributed by atoms with van der Waals surface area (Å²) in [6.45, 7) is 4.05. The van der Waals surface area contributed by atoms with Gasteiger partial charge in [0.15, 0.2) is 5.82 Å². The summed E-state index contributed by atoms with van der Waals surface area (Å²) in [6, 6.07) is 6.50. The van der Waals surface area contributed by atoms with Crippen LogP contribution in [0.2, 0.25) is 0 Å². The lowest BCUT2D eigenvalue weighted by atomic mass is 9.85. The lowest BCUT2D eigenvalue weighted by molar-refractivity contribution is 0.400. The summed E-state index contributed by atoms with van der Waals surface area (Å²) in [5.74, 6) is 3.56. The van der Waals surface area contributed by atoms with Crippen LogP contribution < -0.4 is 10.2 Å². The van der Waals surface area contributed by atoms with Crippen molar-refractivity contribution in [3.8, 4) is 0 Å². The molecular formula is C18H24N6. The zero-order chi connectivity index (χ0) is 16.4. The van der Waals surface area contributed by atoms with Crippen molar-refractivity contribution in [3.05, 3.63) is 35.9 Å². The number of anilines is 2. The standard InChI is InChI=1S/C18H24N6/c1-13-12-16(22-18(20-13)14-4-2-5-14)21-15-7-10-24(11-8-15)17-6-3-9-19-23-17/h3,6,9,12,14-15H,2,4-5,7-8,10-11H2,1H3,(H,20,21,22). The summed E-state index contributed by atoms with van der Waals surface area (Å²) >= 11 is 0. The van der Waals surface area contributed by atoms with Crippen molar-refractivity contribution in [2.24, 2.45) is 0 Å². The van der Waals surface area contributed by atoms with Crippen LogP contribution in [-0.2, 0) is 0 Å². The summed E-state index contributed by atoms with van der Waals surface area (Å²) in [7, 11) is 0. The topological polar surface area (TPSA) is 66.8 Å². The Bertz CT molecular complexity index is 677. The molecule has 24 heavy (non-hydrogen) atoms. The van der Waals surface area contributed by atoms with Crippen molar-refractivity contribution in [2.45, 2.75) is 51.0 Å². The zero-order valence-electron chi connectivity index (χ0n) is 14.1. The first kappa shape index (κ1) is 15.3. The highest BCUT2D eigenvalue weighted by Gasteiger charge is 2.24. The Labute approximate surface area is 142 Å². The Balaban J connectivity index is 1.38. The molecule has 6 heteroatoms.